The van der Waals surface area contributed by atoms with Crippen molar-refractivity contribution in [2.45, 2.75) is 38.0 Å². The first-order valence-electron chi connectivity index (χ1n) is 11.6. The van der Waals surface area contributed by atoms with Gasteiger partial charge in [-0.2, -0.15) is 0 Å². The summed E-state index contributed by atoms with van der Waals surface area (Å²) in [5, 5.41) is 19.3. The Balaban J connectivity index is 1.32. The van der Waals surface area contributed by atoms with E-state index in [0.29, 0.717) is 31.6 Å². The van der Waals surface area contributed by atoms with Gasteiger partial charge in [0.1, 0.15) is 19.0 Å². The fraction of sp³-hybridized carbons (Fsp3) is 0.333. The van der Waals surface area contributed by atoms with E-state index >= 15 is 0 Å². The minimum Gasteiger partial charge on any atom is -0.457 e. The van der Waals surface area contributed by atoms with E-state index in [4.69, 9.17) is 19.0 Å². The second-order valence-corrected chi connectivity index (χ2v) is 8.39. The van der Waals surface area contributed by atoms with Gasteiger partial charge in [0.05, 0.1) is 25.4 Å². The van der Waals surface area contributed by atoms with Crippen LogP contribution >= 0.6 is 0 Å². The predicted octanol–water partition coefficient (Wildman–Crippen LogP) is 3.42. The van der Waals surface area contributed by atoms with Crippen molar-refractivity contribution in [1.82, 2.24) is 0 Å². The second-order valence-electron chi connectivity index (χ2n) is 8.39. The van der Waals surface area contributed by atoms with Gasteiger partial charge in [-0.05, 0) is 41.8 Å². The summed E-state index contributed by atoms with van der Waals surface area (Å²) in [6.07, 6.45) is 1.01. The standard InChI is InChI=1S/C27H29NO7/c29-14-15-34-27(32)25-12-11-23(35-25)18-33-17-22-10-13-26(31)28(22)21-8-6-20(7-9-21)24(30)16-19-4-2-1-3-5-19/h1-9,11-12,22,24,29-30H,10,13-18H2/t22-,24?/m0/s1. The Kier molecular flexibility index (Phi) is 8.31. The number of anilines is 1. The number of nitrogens with zero attached hydrogens (tertiary/aromatic N) is 1. The van der Waals surface area contributed by atoms with Crippen LogP contribution in [0, 0.1) is 0 Å². The first-order valence-corrected chi connectivity index (χ1v) is 11.6. The smallest absolute Gasteiger partial charge is 0.374 e. The molecular formula is C27H29NO7. The SMILES string of the molecule is O=C(OCCO)c1ccc(COC[C@@H]2CCC(=O)N2c2ccc(C(O)Cc3ccccc3)cc2)o1. The second kappa shape index (κ2) is 11.8. The summed E-state index contributed by atoms with van der Waals surface area (Å²) in [6.45, 7) is 0.117. The predicted molar refractivity (Wildman–Crippen MR) is 128 cm³/mol. The van der Waals surface area contributed by atoms with Crippen LogP contribution < -0.4 is 4.90 Å². The van der Waals surface area contributed by atoms with Crippen LogP contribution in [0.2, 0.25) is 0 Å². The molecule has 4 rings (SSSR count). The van der Waals surface area contributed by atoms with E-state index in [1.165, 1.54) is 6.07 Å². The zero-order valence-electron chi connectivity index (χ0n) is 19.3. The summed E-state index contributed by atoms with van der Waals surface area (Å²) in [6, 6.07) is 20.2. The summed E-state index contributed by atoms with van der Waals surface area (Å²) in [7, 11) is 0. The molecule has 1 aliphatic rings. The van der Waals surface area contributed by atoms with Gasteiger partial charge in [-0.3, -0.25) is 4.79 Å². The molecular weight excluding hydrogens is 450 g/mol. The lowest BCUT2D eigenvalue weighted by atomic mass is 10.0. The van der Waals surface area contributed by atoms with Gasteiger partial charge in [-0.1, -0.05) is 42.5 Å². The van der Waals surface area contributed by atoms with Crippen molar-refractivity contribution in [3.63, 3.8) is 0 Å². The van der Waals surface area contributed by atoms with Crippen molar-refractivity contribution in [2.75, 3.05) is 24.7 Å². The first kappa shape index (κ1) is 24.7. The number of hydrogen-bond donors (Lipinski definition) is 2. The molecule has 2 aromatic carbocycles. The topological polar surface area (TPSA) is 109 Å². The molecule has 8 heteroatoms. The molecule has 1 unspecified atom stereocenters. The summed E-state index contributed by atoms with van der Waals surface area (Å²) in [5.74, 6) is -0.101. The molecule has 2 atom stereocenters. The zero-order chi connectivity index (χ0) is 24.6. The number of hydrogen-bond acceptors (Lipinski definition) is 7. The number of ether oxygens (including phenoxy) is 2. The average molecular weight is 480 g/mol. The normalized spacial score (nSPS) is 16.5. The van der Waals surface area contributed by atoms with Gasteiger partial charge in [0.25, 0.3) is 0 Å². The molecule has 0 aliphatic carbocycles. The molecule has 1 fully saturated rings. The largest absolute Gasteiger partial charge is 0.457 e. The molecule has 1 saturated heterocycles. The van der Waals surface area contributed by atoms with Gasteiger partial charge in [-0.25, -0.2) is 4.79 Å². The number of esters is 1. The number of rotatable bonds is 11. The van der Waals surface area contributed by atoms with Gasteiger partial charge in [0.15, 0.2) is 0 Å². The number of furan rings is 1. The van der Waals surface area contributed by atoms with E-state index in [1.807, 2.05) is 54.6 Å². The highest BCUT2D eigenvalue weighted by Gasteiger charge is 2.32. The van der Waals surface area contributed by atoms with E-state index in [-0.39, 0.29) is 37.5 Å². The maximum absolute atomic E-state index is 12.6. The van der Waals surface area contributed by atoms with Crippen molar-refractivity contribution >= 4 is 17.6 Å². The monoisotopic (exact) mass is 479 g/mol. The van der Waals surface area contributed by atoms with Crippen LogP contribution in [-0.2, 0) is 27.3 Å². The highest BCUT2D eigenvalue weighted by molar-refractivity contribution is 5.96. The minimum absolute atomic E-state index is 0.0306. The highest BCUT2D eigenvalue weighted by Crippen LogP contribution is 2.29. The Morgan fingerprint density at radius 2 is 1.86 bits per heavy atom. The zero-order valence-corrected chi connectivity index (χ0v) is 19.3. The van der Waals surface area contributed by atoms with E-state index in [1.54, 1.807) is 11.0 Å². The summed E-state index contributed by atoms with van der Waals surface area (Å²) >= 11 is 0. The summed E-state index contributed by atoms with van der Waals surface area (Å²) in [4.78, 5) is 26.1. The van der Waals surface area contributed by atoms with Crippen molar-refractivity contribution in [2.24, 2.45) is 0 Å². The van der Waals surface area contributed by atoms with Crippen molar-refractivity contribution in [3.8, 4) is 0 Å². The fourth-order valence-corrected chi connectivity index (χ4v) is 4.14. The van der Waals surface area contributed by atoms with Crippen LogP contribution in [0.5, 0.6) is 0 Å². The van der Waals surface area contributed by atoms with Crippen molar-refractivity contribution in [1.29, 1.82) is 0 Å². The average Bonchev–Trinajstić information content (AvgIpc) is 3.50. The number of carbonyl (C=O) groups excluding carboxylic acids is 2. The molecule has 184 valence electrons. The van der Waals surface area contributed by atoms with E-state index in [0.717, 1.165) is 16.8 Å². The highest BCUT2D eigenvalue weighted by atomic mass is 16.6. The van der Waals surface area contributed by atoms with Gasteiger partial charge >= 0.3 is 5.97 Å². The molecule has 2 heterocycles. The number of benzene rings is 2. The molecule has 0 spiro atoms. The van der Waals surface area contributed by atoms with Crippen LogP contribution in [0.15, 0.2) is 71.1 Å². The van der Waals surface area contributed by atoms with Crippen molar-refractivity contribution in [3.05, 3.63) is 89.4 Å². The third-order valence-electron chi connectivity index (χ3n) is 5.90. The lowest BCUT2D eigenvalue weighted by molar-refractivity contribution is -0.117. The lowest BCUT2D eigenvalue weighted by Gasteiger charge is -2.25. The van der Waals surface area contributed by atoms with Crippen LogP contribution in [0.1, 0.15) is 46.4 Å². The van der Waals surface area contributed by atoms with Crippen molar-refractivity contribution < 1.29 is 33.7 Å². The van der Waals surface area contributed by atoms with Gasteiger partial charge in [0.2, 0.25) is 11.7 Å². The number of aliphatic hydroxyl groups is 2. The first-order chi connectivity index (χ1) is 17.0. The maximum atomic E-state index is 12.6. The third-order valence-corrected chi connectivity index (χ3v) is 5.90. The molecule has 0 radical (unpaired) electrons. The molecule has 3 aromatic rings. The van der Waals surface area contributed by atoms with Gasteiger partial charge in [-0.15, -0.1) is 0 Å². The summed E-state index contributed by atoms with van der Waals surface area (Å²) < 4.78 is 16.0. The molecule has 2 N–H and O–H groups in total. The van der Waals surface area contributed by atoms with E-state index in [9.17, 15) is 14.7 Å². The number of amides is 1. The van der Waals surface area contributed by atoms with E-state index in [2.05, 4.69) is 0 Å². The molecule has 1 aromatic heterocycles. The quantitative estimate of drug-likeness (QED) is 0.406. The third kappa shape index (κ3) is 6.36. The molecule has 8 nitrogen and oxygen atoms in total. The molecule has 0 saturated carbocycles. The lowest BCUT2D eigenvalue weighted by Crippen LogP contribution is -2.36. The van der Waals surface area contributed by atoms with Gasteiger partial charge in [0, 0.05) is 18.5 Å². The number of aliphatic hydroxyl groups excluding tert-OH is 2. The maximum Gasteiger partial charge on any atom is 0.374 e. The summed E-state index contributed by atoms with van der Waals surface area (Å²) in [5.41, 5.74) is 2.62. The van der Waals surface area contributed by atoms with E-state index < -0.39 is 12.1 Å². The van der Waals surface area contributed by atoms with Gasteiger partial charge < -0.3 is 29.0 Å². The van der Waals surface area contributed by atoms with Crippen LogP contribution in [-0.4, -0.2) is 48.0 Å². The van der Waals surface area contributed by atoms with Crippen LogP contribution in [0.4, 0.5) is 5.69 Å². The Hall–Kier alpha value is -3.46. The molecule has 1 aliphatic heterocycles. The Labute approximate surface area is 203 Å². The van der Waals surface area contributed by atoms with Crippen LogP contribution in [0.25, 0.3) is 0 Å². The fourth-order valence-electron chi connectivity index (χ4n) is 4.14. The molecule has 0 bridgehead atoms. The molecule has 35 heavy (non-hydrogen) atoms. The molecule has 1 amide bonds. The minimum atomic E-state index is -0.643. The number of carbonyl (C=O) groups is 2. The Morgan fingerprint density at radius 1 is 1.09 bits per heavy atom. The Morgan fingerprint density at radius 3 is 2.60 bits per heavy atom. The Bertz CT molecular complexity index is 1110. The van der Waals surface area contributed by atoms with Crippen LogP contribution in [0.3, 0.4) is 0 Å².